The van der Waals surface area contributed by atoms with Crippen molar-refractivity contribution in [2.75, 3.05) is 31.1 Å². The average Bonchev–Trinajstić information content (AvgIpc) is 3.44. The van der Waals surface area contributed by atoms with Crippen LogP contribution >= 0.6 is 0 Å². The second kappa shape index (κ2) is 12.2. The number of rotatable bonds is 7. The van der Waals surface area contributed by atoms with Crippen LogP contribution in [0.2, 0.25) is 0 Å². The van der Waals surface area contributed by atoms with Crippen molar-refractivity contribution in [1.29, 1.82) is 0 Å². The zero-order valence-corrected chi connectivity index (χ0v) is 24.2. The normalized spacial score (nSPS) is 16.0. The highest BCUT2D eigenvalue weighted by molar-refractivity contribution is 6.05. The Morgan fingerprint density at radius 2 is 1.85 bits per heavy atom. The van der Waals surface area contributed by atoms with Crippen molar-refractivity contribution in [3.05, 3.63) is 77.5 Å². The van der Waals surface area contributed by atoms with Gasteiger partial charge >= 0.3 is 12.1 Å². The number of piperidine rings is 1. The standard InChI is InChI=1S/C32H38N4O5/c1-22(24-8-6-5-7-9-24)40-30-33-16-12-28(34-30)36(29(37)26-10-11-27-25(20-26)15-19-39-27)21-23-13-17-35(18-14-23)31(38)41-32(2,3)4/h5-12,16,20,22-23H,13-15,17-19,21H2,1-4H3/t22-/m0/s1. The maximum Gasteiger partial charge on any atom is 0.410 e. The van der Waals surface area contributed by atoms with Crippen LogP contribution in [0.5, 0.6) is 11.8 Å². The molecule has 2 aliphatic heterocycles. The first-order chi connectivity index (χ1) is 19.7. The number of fused-ring (bicyclic) bond motifs is 1. The average molecular weight is 559 g/mol. The minimum Gasteiger partial charge on any atom is -0.493 e. The van der Waals surface area contributed by atoms with E-state index in [1.165, 1.54) is 0 Å². The van der Waals surface area contributed by atoms with Gasteiger partial charge in [-0.05, 0) is 81.8 Å². The number of hydrogen-bond acceptors (Lipinski definition) is 7. The number of likely N-dealkylation sites (tertiary alicyclic amines) is 1. The number of amides is 2. The number of ether oxygens (including phenoxy) is 3. The van der Waals surface area contributed by atoms with Gasteiger partial charge in [-0.25, -0.2) is 9.78 Å². The van der Waals surface area contributed by atoms with E-state index in [-0.39, 0.29) is 30.0 Å². The highest BCUT2D eigenvalue weighted by atomic mass is 16.6. The predicted molar refractivity (Wildman–Crippen MR) is 155 cm³/mol. The van der Waals surface area contributed by atoms with Crippen LogP contribution in [-0.2, 0) is 11.2 Å². The Kier molecular flexibility index (Phi) is 8.42. The summed E-state index contributed by atoms with van der Waals surface area (Å²) in [5, 5.41) is 0. The van der Waals surface area contributed by atoms with E-state index in [9.17, 15) is 9.59 Å². The van der Waals surface area contributed by atoms with Crippen molar-refractivity contribution >= 4 is 17.8 Å². The number of carbonyl (C=O) groups excluding carboxylic acids is 2. The molecule has 1 aromatic heterocycles. The van der Waals surface area contributed by atoms with Crippen LogP contribution in [0.25, 0.3) is 0 Å². The number of carbonyl (C=O) groups is 2. The van der Waals surface area contributed by atoms with Gasteiger partial charge in [0.25, 0.3) is 5.91 Å². The van der Waals surface area contributed by atoms with E-state index in [4.69, 9.17) is 14.2 Å². The van der Waals surface area contributed by atoms with Gasteiger partial charge in [0.1, 0.15) is 23.3 Å². The molecule has 1 atom stereocenters. The summed E-state index contributed by atoms with van der Waals surface area (Å²) in [7, 11) is 0. The lowest BCUT2D eigenvalue weighted by Gasteiger charge is -2.35. The zero-order chi connectivity index (χ0) is 29.0. The van der Waals surface area contributed by atoms with Crippen LogP contribution in [0.15, 0.2) is 60.8 Å². The monoisotopic (exact) mass is 558 g/mol. The first kappa shape index (κ1) is 28.4. The quantitative estimate of drug-likeness (QED) is 0.359. The van der Waals surface area contributed by atoms with Crippen LogP contribution in [0.4, 0.5) is 10.6 Å². The van der Waals surface area contributed by atoms with Gasteiger partial charge in [0, 0.05) is 37.8 Å². The topological polar surface area (TPSA) is 94.1 Å². The van der Waals surface area contributed by atoms with Crippen molar-refractivity contribution in [3.63, 3.8) is 0 Å². The summed E-state index contributed by atoms with van der Waals surface area (Å²) >= 11 is 0. The van der Waals surface area contributed by atoms with Crippen LogP contribution in [0, 0.1) is 5.92 Å². The summed E-state index contributed by atoms with van der Waals surface area (Å²) in [6.45, 7) is 9.78. The lowest BCUT2D eigenvalue weighted by Crippen LogP contribution is -2.45. The number of nitrogens with zero attached hydrogens (tertiary/aromatic N) is 4. The first-order valence-corrected chi connectivity index (χ1v) is 14.3. The molecular formula is C32H38N4O5. The second-order valence-electron chi connectivity index (χ2n) is 11.6. The highest BCUT2D eigenvalue weighted by Gasteiger charge is 2.30. The molecule has 2 aliphatic rings. The third-order valence-corrected chi connectivity index (χ3v) is 7.34. The highest BCUT2D eigenvalue weighted by Crippen LogP contribution is 2.29. The molecule has 3 heterocycles. The molecular weight excluding hydrogens is 520 g/mol. The van der Waals surface area contributed by atoms with E-state index in [1.807, 2.05) is 70.2 Å². The van der Waals surface area contributed by atoms with E-state index in [1.54, 1.807) is 28.1 Å². The van der Waals surface area contributed by atoms with Crippen molar-refractivity contribution in [2.45, 2.75) is 58.7 Å². The first-order valence-electron chi connectivity index (χ1n) is 14.3. The Morgan fingerprint density at radius 1 is 1.10 bits per heavy atom. The van der Waals surface area contributed by atoms with E-state index in [0.29, 0.717) is 37.6 Å². The summed E-state index contributed by atoms with van der Waals surface area (Å²) in [5.74, 6) is 1.34. The van der Waals surface area contributed by atoms with Crippen molar-refractivity contribution in [1.82, 2.24) is 14.9 Å². The summed E-state index contributed by atoms with van der Waals surface area (Å²) in [4.78, 5) is 39.0. The van der Waals surface area contributed by atoms with Crippen molar-refractivity contribution in [2.24, 2.45) is 5.92 Å². The lowest BCUT2D eigenvalue weighted by molar-refractivity contribution is 0.0185. The molecule has 41 heavy (non-hydrogen) atoms. The van der Waals surface area contributed by atoms with Gasteiger partial charge in [-0.1, -0.05) is 30.3 Å². The fourth-order valence-corrected chi connectivity index (χ4v) is 5.13. The molecule has 216 valence electrons. The molecule has 1 saturated heterocycles. The van der Waals surface area contributed by atoms with Crippen LogP contribution in [0.1, 0.15) is 68.1 Å². The van der Waals surface area contributed by atoms with Gasteiger partial charge < -0.3 is 19.1 Å². The molecule has 0 N–H and O–H groups in total. The van der Waals surface area contributed by atoms with Gasteiger partial charge in [-0.3, -0.25) is 9.69 Å². The molecule has 1 fully saturated rings. The molecule has 5 rings (SSSR count). The van der Waals surface area contributed by atoms with Gasteiger partial charge in [0.2, 0.25) is 0 Å². The molecule has 0 bridgehead atoms. The summed E-state index contributed by atoms with van der Waals surface area (Å²) in [5.41, 5.74) is 2.08. The Morgan fingerprint density at radius 3 is 2.59 bits per heavy atom. The Bertz CT molecular complexity index is 1370. The SMILES string of the molecule is C[C@H](Oc1nccc(N(CC2CCN(C(=O)OC(C)(C)C)CC2)C(=O)c2ccc3c(c2)CCO3)n1)c1ccccc1. The van der Waals surface area contributed by atoms with E-state index in [0.717, 1.165) is 36.1 Å². The molecule has 2 aromatic carbocycles. The van der Waals surface area contributed by atoms with Gasteiger partial charge in [-0.15, -0.1) is 0 Å². The smallest absolute Gasteiger partial charge is 0.410 e. The fourth-order valence-electron chi connectivity index (χ4n) is 5.13. The Labute approximate surface area is 241 Å². The third kappa shape index (κ3) is 7.14. The van der Waals surface area contributed by atoms with Gasteiger partial charge in [-0.2, -0.15) is 4.98 Å². The van der Waals surface area contributed by atoms with Crippen LogP contribution in [0.3, 0.4) is 0 Å². The molecule has 0 saturated carbocycles. The van der Waals surface area contributed by atoms with Gasteiger partial charge in [0.15, 0.2) is 0 Å². The van der Waals surface area contributed by atoms with E-state index < -0.39 is 5.60 Å². The maximum atomic E-state index is 14.0. The molecule has 9 heteroatoms. The molecule has 2 amide bonds. The van der Waals surface area contributed by atoms with Crippen molar-refractivity contribution < 1.29 is 23.8 Å². The molecule has 0 radical (unpaired) electrons. The van der Waals surface area contributed by atoms with Crippen LogP contribution < -0.4 is 14.4 Å². The van der Waals surface area contributed by atoms with E-state index in [2.05, 4.69) is 9.97 Å². The minimum absolute atomic E-state index is 0.143. The molecule has 9 nitrogen and oxygen atoms in total. The number of hydrogen-bond donors (Lipinski definition) is 0. The van der Waals surface area contributed by atoms with Gasteiger partial charge in [0.05, 0.1) is 6.61 Å². The summed E-state index contributed by atoms with van der Waals surface area (Å²) in [6, 6.07) is 17.4. The number of aromatic nitrogens is 2. The molecule has 3 aromatic rings. The third-order valence-electron chi connectivity index (χ3n) is 7.34. The minimum atomic E-state index is -0.539. The van der Waals surface area contributed by atoms with Crippen molar-refractivity contribution in [3.8, 4) is 11.8 Å². The summed E-state index contributed by atoms with van der Waals surface area (Å²) < 4.78 is 17.3. The predicted octanol–water partition coefficient (Wildman–Crippen LogP) is 5.85. The number of benzene rings is 2. The largest absolute Gasteiger partial charge is 0.493 e. The Balaban J connectivity index is 1.35. The molecule has 0 unspecified atom stereocenters. The van der Waals surface area contributed by atoms with E-state index >= 15 is 0 Å². The van der Waals surface area contributed by atoms with Crippen LogP contribution in [-0.4, -0.2) is 58.7 Å². The Hall–Kier alpha value is -4.14. The number of anilines is 1. The second-order valence-corrected chi connectivity index (χ2v) is 11.6. The maximum absolute atomic E-state index is 14.0. The zero-order valence-electron chi connectivity index (χ0n) is 24.2. The summed E-state index contributed by atoms with van der Waals surface area (Å²) in [6.07, 6.45) is 3.35. The molecule has 0 spiro atoms. The molecule has 0 aliphatic carbocycles. The lowest BCUT2D eigenvalue weighted by atomic mass is 9.96. The fraction of sp³-hybridized carbons (Fsp3) is 0.438.